The van der Waals surface area contributed by atoms with Gasteiger partial charge in [-0.25, -0.2) is 4.79 Å². The Kier molecular flexibility index (Phi) is 1.89. The highest BCUT2D eigenvalue weighted by molar-refractivity contribution is 5.76. The molecule has 0 aromatic carbocycles. The van der Waals surface area contributed by atoms with Crippen LogP contribution < -0.4 is 0 Å². The molecule has 1 aliphatic heterocycles. The van der Waals surface area contributed by atoms with Gasteiger partial charge in [-0.05, 0) is 12.8 Å². The van der Waals surface area contributed by atoms with Crippen LogP contribution in [0.3, 0.4) is 0 Å². The summed E-state index contributed by atoms with van der Waals surface area (Å²) >= 11 is 0. The van der Waals surface area contributed by atoms with Gasteiger partial charge < -0.3 is 10.0 Å². The van der Waals surface area contributed by atoms with Crippen LogP contribution in [0, 0.1) is 0 Å². The van der Waals surface area contributed by atoms with Crippen LogP contribution in [0.25, 0.3) is 0 Å². The van der Waals surface area contributed by atoms with Gasteiger partial charge in [-0.15, -0.1) is 0 Å². The molecular weight excluding hydrogens is 134 g/mol. The Labute approximate surface area is 58.4 Å². The van der Waals surface area contributed by atoms with E-state index in [0.717, 1.165) is 6.42 Å². The zero-order valence-electron chi connectivity index (χ0n) is 5.49. The number of rotatable bonds is 2. The second-order valence-corrected chi connectivity index (χ2v) is 2.34. The normalized spacial score (nSPS) is 24.8. The number of hydrogen-bond acceptors (Lipinski definition) is 2. The molecule has 0 aromatic heterocycles. The van der Waals surface area contributed by atoms with Crippen LogP contribution in [0.2, 0.25) is 0 Å². The second-order valence-electron chi connectivity index (χ2n) is 2.34. The highest BCUT2D eigenvalue weighted by atomic mass is 16.4. The van der Waals surface area contributed by atoms with E-state index >= 15 is 0 Å². The number of nitrogens with zero attached hydrogens (tertiary/aromatic N) is 1. The van der Waals surface area contributed by atoms with E-state index in [-0.39, 0.29) is 0 Å². The molecule has 4 heteroatoms. The monoisotopic (exact) mass is 143 g/mol. The van der Waals surface area contributed by atoms with Crippen LogP contribution in [-0.4, -0.2) is 35.0 Å². The summed E-state index contributed by atoms with van der Waals surface area (Å²) in [6.07, 6.45) is 2.00. The minimum atomic E-state index is -0.899. The highest BCUT2D eigenvalue weighted by Gasteiger charge is 2.28. The van der Waals surface area contributed by atoms with E-state index in [0.29, 0.717) is 19.4 Å². The largest absolute Gasteiger partial charge is 0.480 e. The molecule has 1 heterocycles. The van der Waals surface area contributed by atoms with Crippen LogP contribution in [0.1, 0.15) is 12.8 Å². The summed E-state index contributed by atoms with van der Waals surface area (Å²) in [4.78, 5) is 21.9. The van der Waals surface area contributed by atoms with E-state index in [1.807, 2.05) is 0 Å². The fourth-order valence-electron chi connectivity index (χ4n) is 1.18. The minimum Gasteiger partial charge on any atom is -0.480 e. The summed E-state index contributed by atoms with van der Waals surface area (Å²) in [5, 5.41) is 8.51. The first-order valence-corrected chi connectivity index (χ1v) is 3.19. The van der Waals surface area contributed by atoms with Crippen LogP contribution in [0.15, 0.2) is 0 Å². The van der Waals surface area contributed by atoms with Gasteiger partial charge in [0, 0.05) is 6.54 Å². The van der Waals surface area contributed by atoms with Gasteiger partial charge in [0.15, 0.2) is 0 Å². The smallest absolute Gasteiger partial charge is 0.326 e. The third-order valence-electron chi connectivity index (χ3n) is 1.71. The molecule has 4 nitrogen and oxygen atoms in total. The standard InChI is InChI=1S/C6H9NO3/c8-4-7-3-1-2-5(7)6(9)10/h4-5H,1-3H2,(H,9,10). The number of hydrogen-bond donors (Lipinski definition) is 1. The van der Waals surface area contributed by atoms with Crippen molar-refractivity contribution in [1.82, 2.24) is 4.90 Å². The number of carbonyl (C=O) groups is 2. The van der Waals surface area contributed by atoms with Gasteiger partial charge in [0.05, 0.1) is 0 Å². The Morgan fingerprint density at radius 3 is 2.80 bits per heavy atom. The lowest BCUT2D eigenvalue weighted by molar-refractivity contribution is -0.144. The molecule has 1 aliphatic rings. The lowest BCUT2D eigenvalue weighted by Crippen LogP contribution is -2.34. The molecule has 1 unspecified atom stereocenters. The molecular formula is C6H9NO3. The maximum atomic E-state index is 10.4. The Hall–Kier alpha value is -1.06. The predicted molar refractivity (Wildman–Crippen MR) is 33.4 cm³/mol. The summed E-state index contributed by atoms with van der Waals surface area (Å²) in [5.41, 5.74) is 0. The van der Waals surface area contributed by atoms with E-state index in [4.69, 9.17) is 5.11 Å². The summed E-state index contributed by atoms with van der Waals surface area (Å²) in [6.45, 7) is 0.584. The zero-order chi connectivity index (χ0) is 7.56. The molecule has 1 fully saturated rings. The number of carbonyl (C=O) groups excluding carboxylic acids is 1. The SMILES string of the molecule is O=CN1CCCC1C(=O)O. The topological polar surface area (TPSA) is 57.6 Å². The van der Waals surface area contributed by atoms with Crippen molar-refractivity contribution < 1.29 is 14.7 Å². The van der Waals surface area contributed by atoms with E-state index in [1.165, 1.54) is 4.90 Å². The third-order valence-corrected chi connectivity index (χ3v) is 1.71. The average molecular weight is 143 g/mol. The van der Waals surface area contributed by atoms with Gasteiger partial charge in [0.25, 0.3) is 0 Å². The highest BCUT2D eigenvalue weighted by Crippen LogP contribution is 2.14. The number of likely N-dealkylation sites (tertiary alicyclic amines) is 1. The van der Waals surface area contributed by atoms with Crippen molar-refractivity contribution in [2.24, 2.45) is 0 Å². The number of aliphatic carboxylic acids is 1. The number of carboxylic acids is 1. The van der Waals surface area contributed by atoms with Gasteiger partial charge in [0.1, 0.15) is 6.04 Å². The van der Waals surface area contributed by atoms with Gasteiger partial charge in [0.2, 0.25) is 6.41 Å². The molecule has 10 heavy (non-hydrogen) atoms. The average Bonchev–Trinajstić information content (AvgIpc) is 2.33. The van der Waals surface area contributed by atoms with Gasteiger partial charge >= 0.3 is 5.97 Å². The van der Waals surface area contributed by atoms with E-state index in [1.54, 1.807) is 0 Å². The summed E-state index contributed by atoms with van der Waals surface area (Å²) < 4.78 is 0. The molecule has 0 bridgehead atoms. The van der Waals surface area contributed by atoms with Crippen molar-refractivity contribution in [3.8, 4) is 0 Å². The summed E-state index contributed by atoms with van der Waals surface area (Å²) in [6, 6.07) is -0.572. The zero-order valence-corrected chi connectivity index (χ0v) is 5.49. The van der Waals surface area contributed by atoms with Crippen molar-refractivity contribution >= 4 is 12.4 Å². The first-order valence-electron chi connectivity index (χ1n) is 3.19. The molecule has 0 radical (unpaired) electrons. The van der Waals surface area contributed by atoms with Crippen molar-refractivity contribution in [2.45, 2.75) is 18.9 Å². The Balaban J connectivity index is 2.58. The molecule has 1 saturated heterocycles. The first-order chi connectivity index (χ1) is 4.75. The summed E-state index contributed by atoms with van der Waals surface area (Å²) in [7, 11) is 0. The van der Waals surface area contributed by atoms with Crippen LogP contribution in [0.4, 0.5) is 0 Å². The Morgan fingerprint density at radius 1 is 1.70 bits per heavy atom. The molecule has 56 valence electrons. The Morgan fingerprint density at radius 2 is 2.40 bits per heavy atom. The molecule has 1 rings (SSSR count). The maximum Gasteiger partial charge on any atom is 0.326 e. The fraction of sp³-hybridized carbons (Fsp3) is 0.667. The molecule has 1 N–H and O–H groups in total. The molecule has 1 amide bonds. The van der Waals surface area contributed by atoms with Crippen LogP contribution in [-0.2, 0) is 9.59 Å². The molecule has 0 aliphatic carbocycles. The maximum absolute atomic E-state index is 10.4. The van der Waals surface area contributed by atoms with E-state index in [2.05, 4.69) is 0 Å². The van der Waals surface area contributed by atoms with Gasteiger partial charge in [-0.2, -0.15) is 0 Å². The number of carboxylic acid groups (broad SMARTS) is 1. The van der Waals surface area contributed by atoms with Gasteiger partial charge in [-0.3, -0.25) is 4.79 Å². The van der Waals surface area contributed by atoms with Crippen molar-refractivity contribution in [2.75, 3.05) is 6.54 Å². The molecule has 0 saturated carbocycles. The molecule has 0 aromatic rings. The predicted octanol–water partition coefficient (Wildman–Crippen LogP) is -0.308. The quantitative estimate of drug-likeness (QED) is 0.539. The third kappa shape index (κ3) is 1.10. The Bertz CT molecular complexity index is 157. The molecule has 0 spiro atoms. The van der Waals surface area contributed by atoms with Crippen molar-refractivity contribution in [3.63, 3.8) is 0 Å². The minimum absolute atomic E-state index is 0.572. The van der Waals surface area contributed by atoms with Crippen molar-refractivity contribution in [1.29, 1.82) is 0 Å². The van der Waals surface area contributed by atoms with E-state index in [9.17, 15) is 9.59 Å². The lowest BCUT2D eigenvalue weighted by Gasteiger charge is -2.14. The van der Waals surface area contributed by atoms with E-state index < -0.39 is 12.0 Å². The second kappa shape index (κ2) is 2.68. The fourth-order valence-corrected chi connectivity index (χ4v) is 1.18. The van der Waals surface area contributed by atoms with Crippen LogP contribution >= 0.6 is 0 Å². The lowest BCUT2D eigenvalue weighted by atomic mass is 10.2. The molecule has 1 atom stereocenters. The van der Waals surface area contributed by atoms with Crippen LogP contribution in [0.5, 0.6) is 0 Å². The van der Waals surface area contributed by atoms with Crippen molar-refractivity contribution in [3.05, 3.63) is 0 Å². The van der Waals surface area contributed by atoms with Gasteiger partial charge in [-0.1, -0.05) is 0 Å². The number of amides is 1. The summed E-state index contributed by atoms with van der Waals surface area (Å²) in [5.74, 6) is -0.899. The first kappa shape index (κ1) is 7.05.